The molecule has 1 unspecified atom stereocenters. The molecule has 2 aromatic rings. The summed E-state index contributed by atoms with van der Waals surface area (Å²) in [6, 6.07) is 12.9. The second-order valence-corrected chi connectivity index (χ2v) is 11.6. The lowest BCUT2D eigenvalue weighted by molar-refractivity contribution is -0.497. The van der Waals surface area contributed by atoms with E-state index >= 15 is 0 Å². The minimum atomic E-state index is -0.901. The lowest BCUT2D eigenvalue weighted by Gasteiger charge is -2.19. The number of aliphatic hydroxyl groups is 3. The molecule has 3 rings (SSSR count). The Kier molecular flexibility index (Phi) is 15.6. The number of rotatable bonds is 18. The van der Waals surface area contributed by atoms with E-state index < -0.39 is 30.3 Å². The number of unbranched alkanes of at least 4 members (excludes halogenated alkanes) is 1. The van der Waals surface area contributed by atoms with E-state index in [2.05, 4.69) is 10.2 Å². The molecule has 1 aliphatic carbocycles. The fraction of sp³-hybridized carbons (Fsp3) is 0.455. The van der Waals surface area contributed by atoms with Crippen molar-refractivity contribution in [2.75, 3.05) is 6.61 Å². The highest BCUT2D eigenvalue weighted by atomic mass is 35.5. The van der Waals surface area contributed by atoms with Gasteiger partial charge in [0, 0.05) is 23.8 Å². The molecule has 0 spiro atoms. The van der Waals surface area contributed by atoms with Gasteiger partial charge in [0.2, 0.25) is 5.91 Å². The fourth-order valence-corrected chi connectivity index (χ4v) is 5.28. The number of nitrogens with one attached hydrogen (secondary N) is 1. The molecule has 0 heterocycles. The van der Waals surface area contributed by atoms with Gasteiger partial charge >= 0.3 is 5.97 Å². The van der Waals surface area contributed by atoms with Crippen molar-refractivity contribution in [3.05, 3.63) is 89.0 Å². The van der Waals surface area contributed by atoms with Gasteiger partial charge in [-0.25, -0.2) is 9.63 Å². The van der Waals surface area contributed by atoms with E-state index in [-0.39, 0.29) is 55.8 Å². The summed E-state index contributed by atoms with van der Waals surface area (Å²) in [5.41, 5.74) is 1.30. The predicted octanol–water partition coefficient (Wildman–Crippen LogP) is 3.87. The first kappa shape index (κ1) is 37.1. The first-order chi connectivity index (χ1) is 22.0. The van der Waals surface area contributed by atoms with Crippen molar-refractivity contribution in [3.63, 3.8) is 0 Å². The van der Waals surface area contributed by atoms with Crippen LogP contribution in [0.25, 0.3) is 0 Å². The average molecular weight is 663 g/mol. The summed E-state index contributed by atoms with van der Waals surface area (Å²) in [7, 11) is 0. The van der Waals surface area contributed by atoms with Gasteiger partial charge in [-0.2, -0.15) is 0 Å². The number of carbonyl (C=O) groups is 2. The Balaban J connectivity index is 1.34. The first-order valence-corrected chi connectivity index (χ1v) is 15.5. The monoisotopic (exact) mass is 662 g/mol. The third-order valence-electron chi connectivity index (χ3n) is 7.49. The van der Waals surface area contributed by atoms with Gasteiger partial charge in [0.25, 0.3) is 0 Å². The highest BCUT2D eigenvalue weighted by molar-refractivity contribution is 6.30. The molecule has 1 fully saturated rings. The van der Waals surface area contributed by atoms with Crippen LogP contribution < -0.4 is 10.1 Å². The van der Waals surface area contributed by atoms with Crippen LogP contribution in [0.5, 0.6) is 5.75 Å². The summed E-state index contributed by atoms with van der Waals surface area (Å²) < 4.78 is 10.8. The zero-order valence-electron chi connectivity index (χ0n) is 25.7. The SMILES string of the molecule is CC(NC(=O)CCC/C=C\C[C@@H]1[C@@H](/C=C/[C@@H](O)COc2cccc(Cl)c2)[C@H](O)C[C@@H]1O)C(=O)OCc1cccc(CON(O)O)c1. The van der Waals surface area contributed by atoms with Gasteiger partial charge in [-0.05, 0) is 61.4 Å². The Morgan fingerprint density at radius 3 is 2.54 bits per heavy atom. The van der Waals surface area contributed by atoms with Crippen molar-refractivity contribution in [2.24, 2.45) is 11.8 Å². The number of hydrogen-bond donors (Lipinski definition) is 6. The van der Waals surface area contributed by atoms with E-state index in [4.69, 9.17) is 31.5 Å². The van der Waals surface area contributed by atoms with E-state index in [9.17, 15) is 24.9 Å². The lowest BCUT2D eigenvalue weighted by Crippen LogP contribution is -2.39. The Hall–Kier alpha value is -3.33. The van der Waals surface area contributed by atoms with Gasteiger partial charge in [-0.3, -0.25) is 15.2 Å². The van der Waals surface area contributed by atoms with Gasteiger partial charge < -0.3 is 30.1 Å². The van der Waals surface area contributed by atoms with Crippen LogP contribution in [0.4, 0.5) is 0 Å². The molecule has 0 bridgehead atoms. The topological polar surface area (TPSA) is 178 Å². The van der Waals surface area contributed by atoms with Crippen LogP contribution in [0.15, 0.2) is 72.8 Å². The van der Waals surface area contributed by atoms with E-state index in [1.807, 2.05) is 12.2 Å². The summed E-state index contributed by atoms with van der Waals surface area (Å²) in [5.74, 6) is -0.886. The average Bonchev–Trinajstić information content (AvgIpc) is 3.29. The van der Waals surface area contributed by atoms with E-state index in [1.54, 1.807) is 67.6 Å². The molecule has 1 amide bonds. The van der Waals surface area contributed by atoms with Crippen LogP contribution in [-0.2, 0) is 32.4 Å². The number of amides is 1. The number of ether oxygens (including phenoxy) is 2. The second-order valence-electron chi connectivity index (χ2n) is 11.2. The lowest BCUT2D eigenvalue weighted by atomic mass is 9.89. The van der Waals surface area contributed by atoms with Gasteiger partial charge in [0.1, 0.15) is 31.1 Å². The molecule has 6 atom stereocenters. The maximum absolute atomic E-state index is 12.3. The Bertz CT molecular complexity index is 1310. The zero-order chi connectivity index (χ0) is 33.5. The summed E-state index contributed by atoms with van der Waals surface area (Å²) in [6.07, 6.45) is 6.99. The summed E-state index contributed by atoms with van der Waals surface area (Å²) in [5, 5.41) is 51.4. The van der Waals surface area contributed by atoms with Crippen molar-refractivity contribution in [1.82, 2.24) is 10.7 Å². The Morgan fingerprint density at radius 1 is 1.07 bits per heavy atom. The molecule has 12 nitrogen and oxygen atoms in total. The third-order valence-corrected chi connectivity index (χ3v) is 7.72. The smallest absolute Gasteiger partial charge is 0.328 e. The zero-order valence-corrected chi connectivity index (χ0v) is 26.4. The predicted molar refractivity (Wildman–Crippen MR) is 167 cm³/mol. The maximum Gasteiger partial charge on any atom is 0.328 e. The van der Waals surface area contributed by atoms with Crippen molar-refractivity contribution >= 4 is 23.5 Å². The number of esters is 1. The molecule has 6 N–H and O–H groups in total. The standard InChI is InChI=1S/C33H43ClN2O10/c1-22(33(41)45-19-23-8-6-9-24(16-23)20-46-36(42)43)35-32(40)13-5-3-2-4-12-28-29(31(39)18-30(28)38)15-14-26(37)21-44-27-11-7-10-25(34)17-27/h2,4,6-11,14-17,22,26,28-31,37-39,42-43H,3,5,12-13,18-21H2,1H3,(H,35,40)/b4-2-,15-14+/t22?,26-,28-,29-,30+,31-/m1/s1. The number of halogens is 1. The van der Waals surface area contributed by atoms with Gasteiger partial charge in [0.15, 0.2) is 0 Å². The molecule has 0 aliphatic heterocycles. The summed E-state index contributed by atoms with van der Waals surface area (Å²) in [4.78, 5) is 29.2. The minimum absolute atomic E-state index is 0.0174. The maximum atomic E-state index is 12.3. The minimum Gasteiger partial charge on any atom is -0.491 e. The molecular formula is C33H43ClN2O10. The number of hydrogen-bond acceptors (Lipinski definition) is 11. The number of benzene rings is 2. The molecule has 0 radical (unpaired) electrons. The van der Waals surface area contributed by atoms with Crippen molar-refractivity contribution in [2.45, 2.75) is 76.6 Å². The normalized spacial score (nSPS) is 21.1. The van der Waals surface area contributed by atoms with Crippen LogP contribution in [-0.4, -0.2) is 74.0 Å². The molecule has 0 aromatic heterocycles. The molecular weight excluding hydrogens is 620 g/mol. The number of allylic oxidation sites excluding steroid dienone is 2. The highest BCUT2D eigenvalue weighted by Gasteiger charge is 2.39. The molecule has 1 saturated carbocycles. The van der Waals surface area contributed by atoms with Gasteiger partial charge in [-0.15, -0.1) is 0 Å². The molecule has 1 aliphatic rings. The molecule has 252 valence electrons. The Labute approximate surface area is 273 Å². The quantitative estimate of drug-likeness (QED) is 0.0591. The highest BCUT2D eigenvalue weighted by Crippen LogP contribution is 2.36. The molecule has 0 saturated heterocycles. The number of nitrogens with zero attached hydrogens (tertiary/aromatic N) is 1. The largest absolute Gasteiger partial charge is 0.491 e. The molecule has 13 heteroatoms. The van der Waals surface area contributed by atoms with Crippen molar-refractivity contribution in [1.29, 1.82) is 0 Å². The Morgan fingerprint density at radius 2 is 1.80 bits per heavy atom. The first-order valence-electron chi connectivity index (χ1n) is 15.1. The van der Waals surface area contributed by atoms with Crippen LogP contribution in [0, 0.1) is 11.8 Å². The van der Waals surface area contributed by atoms with E-state index in [0.29, 0.717) is 41.2 Å². The van der Waals surface area contributed by atoms with Crippen molar-refractivity contribution < 1.29 is 49.6 Å². The number of aliphatic hydroxyl groups excluding tert-OH is 3. The summed E-state index contributed by atoms with van der Waals surface area (Å²) >= 11 is 5.95. The van der Waals surface area contributed by atoms with Gasteiger partial charge in [-0.1, -0.05) is 66.2 Å². The van der Waals surface area contributed by atoms with Crippen LogP contribution in [0.3, 0.4) is 0 Å². The number of carbonyl (C=O) groups excluding carboxylic acids is 2. The van der Waals surface area contributed by atoms with Crippen LogP contribution in [0.2, 0.25) is 5.02 Å². The fourth-order valence-electron chi connectivity index (χ4n) is 5.10. The van der Waals surface area contributed by atoms with Crippen LogP contribution in [0.1, 0.15) is 50.2 Å². The van der Waals surface area contributed by atoms with Gasteiger partial charge in [0.05, 0.1) is 24.2 Å². The van der Waals surface area contributed by atoms with Crippen LogP contribution >= 0.6 is 11.6 Å². The summed E-state index contributed by atoms with van der Waals surface area (Å²) in [6.45, 7) is 1.44. The molecule has 46 heavy (non-hydrogen) atoms. The molecule has 2 aromatic carbocycles. The second kappa shape index (κ2) is 19.4. The third kappa shape index (κ3) is 13.2. The van der Waals surface area contributed by atoms with Crippen molar-refractivity contribution in [3.8, 4) is 5.75 Å². The van der Waals surface area contributed by atoms with E-state index in [0.717, 1.165) is 0 Å². The van der Waals surface area contributed by atoms with E-state index in [1.165, 1.54) is 0 Å².